The van der Waals surface area contributed by atoms with Gasteiger partial charge < -0.3 is 15.4 Å². The Morgan fingerprint density at radius 2 is 1.90 bits per heavy atom. The molecule has 2 amide bonds. The lowest BCUT2D eigenvalue weighted by Crippen LogP contribution is -2.32. The summed E-state index contributed by atoms with van der Waals surface area (Å²) in [6.45, 7) is -0.565. The van der Waals surface area contributed by atoms with E-state index in [0.29, 0.717) is 5.69 Å². The van der Waals surface area contributed by atoms with Crippen LogP contribution >= 0.6 is 43.6 Å². The molecule has 0 radical (unpaired) electrons. The number of fused-ring (bicyclic) bond motifs is 1. The van der Waals surface area contributed by atoms with E-state index < -0.39 is 28.7 Å². The van der Waals surface area contributed by atoms with Gasteiger partial charge in [0.05, 0.1) is 28.0 Å². The zero-order valence-corrected chi connectivity index (χ0v) is 19.0. The van der Waals surface area contributed by atoms with E-state index in [1.807, 2.05) is 12.1 Å². The van der Waals surface area contributed by atoms with Crippen molar-refractivity contribution in [1.82, 2.24) is 0 Å². The number of nitro benzene ring substituents is 1. The third kappa shape index (κ3) is 5.37. The number of hydrogen-bond donors (Lipinski definition) is 2. The number of para-hydroxylation sites is 1. The highest BCUT2D eigenvalue weighted by molar-refractivity contribution is 9.11. The summed E-state index contributed by atoms with van der Waals surface area (Å²) in [4.78, 5) is 47.5. The van der Waals surface area contributed by atoms with Crippen LogP contribution in [0.2, 0.25) is 0 Å². The van der Waals surface area contributed by atoms with E-state index >= 15 is 0 Å². The second-order valence-corrected chi connectivity index (χ2v) is 9.00. The van der Waals surface area contributed by atoms with Crippen LogP contribution in [-0.2, 0) is 19.1 Å². The first-order valence-electron chi connectivity index (χ1n) is 8.40. The number of rotatable bonds is 6. The molecule has 0 saturated heterocycles. The van der Waals surface area contributed by atoms with Crippen LogP contribution in [0.3, 0.4) is 0 Å². The first-order chi connectivity index (χ1) is 14.2. The number of carbonyl (C=O) groups is 3. The number of benzene rings is 2. The summed E-state index contributed by atoms with van der Waals surface area (Å²) in [6.07, 6.45) is -0.191. The topological polar surface area (TPSA) is 128 Å². The van der Waals surface area contributed by atoms with Gasteiger partial charge >= 0.3 is 5.97 Å². The molecule has 0 bridgehead atoms. The van der Waals surface area contributed by atoms with Gasteiger partial charge in [0.15, 0.2) is 6.61 Å². The van der Waals surface area contributed by atoms with Gasteiger partial charge in [-0.2, -0.15) is 0 Å². The summed E-state index contributed by atoms with van der Waals surface area (Å²) < 4.78 is 5.55. The van der Waals surface area contributed by atoms with Gasteiger partial charge in [-0.1, -0.05) is 12.1 Å². The molecule has 0 fully saturated rings. The van der Waals surface area contributed by atoms with Gasteiger partial charge in [-0.25, -0.2) is 0 Å². The van der Waals surface area contributed by atoms with E-state index in [1.54, 1.807) is 12.1 Å². The number of amides is 2. The van der Waals surface area contributed by atoms with Crippen LogP contribution in [0.25, 0.3) is 0 Å². The molecule has 2 aromatic carbocycles. The van der Waals surface area contributed by atoms with Crippen LogP contribution in [0, 0.1) is 10.1 Å². The monoisotopic (exact) mass is 557 g/mol. The van der Waals surface area contributed by atoms with Gasteiger partial charge in [0.25, 0.3) is 11.6 Å². The minimum atomic E-state index is -0.695. The van der Waals surface area contributed by atoms with Crippen molar-refractivity contribution in [3.05, 3.63) is 55.5 Å². The summed E-state index contributed by atoms with van der Waals surface area (Å²) in [6, 6.07) is 9.72. The number of halogens is 2. The molecule has 1 heterocycles. The quantitative estimate of drug-likeness (QED) is 0.310. The summed E-state index contributed by atoms with van der Waals surface area (Å²) in [5.41, 5.74) is 0.791. The molecular formula is C18H13Br2N3O6S. The third-order valence-corrected chi connectivity index (χ3v) is 6.45. The number of ether oxygens (including phenoxy) is 1. The average Bonchev–Trinajstić information content (AvgIpc) is 2.69. The largest absolute Gasteiger partial charge is 0.456 e. The number of thioether (sulfide) groups is 1. The molecular weight excluding hydrogens is 546 g/mol. The fourth-order valence-corrected chi connectivity index (χ4v) is 5.00. The highest BCUT2D eigenvalue weighted by Crippen LogP contribution is 2.37. The van der Waals surface area contributed by atoms with E-state index in [0.717, 1.165) is 4.90 Å². The Balaban J connectivity index is 1.54. The summed E-state index contributed by atoms with van der Waals surface area (Å²) in [5.74, 6) is -1.64. The highest BCUT2D eigenvalue weighted by atomic mass is 79.9. The zero-order chi connectivity index (χ0) is 21.8. The van der Waals surface area contributed by atoms with Crippen LogP contribution in [0.1, 0.15) is 6.42 Å². The van der Waals surface area contributed by atoms with Gasteiger partial charge in [-0.05, 0) is 44.0 Å². The highest BCUT2D eigenvalue weighted by Gasteiger charge is 2.29. The summed E-state index contributed by atoms with van der Waals surface area (Å²) in [7, 11) is 0. The van der Waals surface area contributed by atoms with Gasteiger partial charge in [0.1, 0.15) is 0 Å². The van der Waals surface area contributed by atoms with E-state index in [9.17, 15) is 24.5 Å². The van der Waals surface area contributed by atoms with E-state index in [2.05, 4.69) is 42.5 Å². The molecule has 2 N–H and O–H groups in total. The first-order valence-corrected chi connectivity index (χ1v) is 10.9. The van der Waals surface area contributed by atoms with Crippen LogP contribution in [0.5, 0.6) is 0 Å². The lowest BCUT2D eigenvalue weighted by Gasteiger charge is -2.23. The molecule has 0 aromatic heterocycles. The van der Waals surface area contributed by atoms with E-state index in [-0.39, 0.29) is 32.6 Å². The summed E-state index contributed by atoms with van der Waals surface area (Å²) >= 11 is 7.57. The van der Waals surface area contributed by atoms with Gasteiger partial charge in [-0.3, -0.25) is 24.5 Å². The molecule has 3 rings (SSSR count). The second-order valence-electron chi connectivity index (χ2n) is 6.05. The minimum Gasteiger partial charge on any atom is -0.456 e. The molecule has 0 saturated carbocycles. The number of non-ortho nitro benzene ring substituents is 1. The van der Waals surface area contributed by atoms with Gasteiger partial charge in [0, 0.05) is 26.0 Å². The number of nitrogens with zero attached hydrogens (tertiary/aromatic N) is 1. The molecule has 0 spiro atoms. The number of hydrogen-bond acceptors (Lipinski definition) is 7. The van der Waals surface area contributed by atoms with Gasteiger partial charge in [-0.15, -0.1) is 11.8 Å². The number of anilines is 2. The Bertz CT molecular complexity index is 1030. The molecule has 1 aliphatic heterocycles. The van der Waals surface area contributed by atoms with Crippen molar-refractivity contribution in [3.8, 4) is 0 Å². The van der Waals surface area contributed by atoms with Crippen molar-refractivity contribution >= 4 is 78.5 Å². The van der Waals surface area contributed by atoms with Crippen molar-refractivity contribution in [3.63, 3.8) is 0 Å². The molecule has 9 nitrogen and oxygen atoms in total. The maximum Gasteiger partial charge on any atom is 0.307 e. The number of esters is 1. The number of carbonyl (C=O) groups excluding carboxylic acids is 3. The maximum atomic E-state index is 12.1. The Morgan fingerprint density at radius 1 is 1.23 bits per heavy atom. The normalized spacial score (nSPS) is 15.0. The van der Waals surface area contributed by atoms with Crippen LogP contribution in [0.15, 0.2) is 50.2 Å². The summed E-state index contributed by atoms with van der Waals surface area (Å²) in [5, 5.41) is 15.4. The standard InChI is InChI=1S/C18H13Br2N3O6S/c19-10-5-9(23(27)28)6-11(20)17(10)22-15(24)8-29-16(25)7-14-18(26)21-12-3-1-2-4-13(12)30-14/h1-6,14H,7-8H2,(H,21,26)(H,22,24)/t14-/m1/s1. The fourth-order valence-electron chi connectivity index (χ4n) is 2.54. The molecule has 12 heteroatoms. The number of nitro groups is 1. The predicted molar refractivity (Wildman–Crippen MR) is 117 cm³/mol. The Kier molecular flexibility index (Phi) is 7.10. The zero-order valence-electron chi connectivity index (χ0n) is 15.0. The molecule has 2 aromatic rings. The first kappa shape index (κ1) is 22.2. The third-order valence-electron chi connectivity index (χ3n) is 3.93. The van der Waals surface area contributed by atoms with Crippen molar-refractivity contribution in [2.75, 3.05) is 17.2 Å². The molecule has 30 heavy (non-hydrogen) atoms. The van der Waals surface area contributed by atoms with E-state index in [1.165, 1.54) is 23.9 Å². The lowest BCUT2D eigenvalue weighted by molar-refractivity contribution is -0.385. The Hall–Kier alpha value is -2.44. The van der Waals surface area contributed by atoms with Crippen LogP contribution in [0.4, 0.5) is 17.1 Å². The smallest absolute Gasteiger partial charge is 0.307 e. The van der Waals surface area contributed by atoms with Crippen molar-refractivity contribution < 1.29 is 24.0 Å². The minimum absolute atomic E-state index is 0.164. The second kappa shape index (κ2) is 9.58. The molecule has 0 aliphatic carbocycles. The Morgan fingerprint density at radius 3 is 2.57 bits per heavy atom. The SMILES string of the molecule is O=C(COC(=O)C[C@H]1Sc2ccccc2NC1=O)Nc1c(Br)cc([N+](=O)[O-])cc1Br. The van der Waals surface area contributed by atoms with E-state index in [4.69, 9.17) is 4.74 Å². The lowest BCUT2D eigenvalue weighted by atomic mass is 10.2. The predicted octanol–water partition coefficient (Wildman–Crippen LogP) is 4.10. The van der Waals surface area contributed by atoms with Gasteiger partial charge in [0.2, 0.25) is 5.91 Å². The molecule has 1 atom stereocenters. The molecule has 0 unspecified atom stereocenters. The Labute approximate surface area is 191 Å². The van der Waals surface area contributed by atoms with Crippen LogP contribution < -0.4 is 10.6 Å². The van der Waals surface area contributed by atoms with Crippen LogP contribution in [-0.4, -0.2) is 34.6 Å². The van der Waals surface area contributed by atoms with Crippen molar-refractivity contribution in [2.24, 2.45) is 0 Å². The molecule has 156 valence electrons. The van der Waals surface area contributed by atoms with Crippen molar-refractivity contribution in [2.45, 2.75) is 16.6 Å². The maximum absolute atomic E-state index is 12.1. The number of nitrogens with one attached hydrogen (secondary N) is 2. The molecule has 1 aliphatic rings. The average molecular weight is 559 g/mol. The van der Waals surface area contributed by atoms with Crippen molar-refractivity contribution in [1.29, 1.82) is 0 Å². The fraction of sp³-hybridized carbons (Fsp3) is 0.167.